The monoisotopic (exact) mass is 1780 g/mol. The molecule has 20 atom stereocenters. The maximum Gasteiger partial charge on any atom is 0.167 e. The minimum absolute atomic E-state index is 0.0705. The van der Waals surface area contributed by atoms with Crippen molar-refractivity contribution >= 4 is 78.3 Å². The highest BCUT2D eigenvalue weighted by Crippen LogP contribution is 2.59. The van der Waals surface area contributed by atoms with Gasteiger partial charge in [-0.1, -0.05) is 47.7 Å². The number of hydrogen-bond acceptors (Lipinski definition) is 16. The molecule has 8 aliphatic carbocycles. The molecule has 12 unspecified atom stereocenters. The van der Waals surface area contributed by atoms with Crippen LogP contribution in [0.15, 0.2) is 201 Å². The Hall–Kier alpha value is -11.7. The number of carbonyl (C=O) groups is 4. The summed E-state index contributed by atoms with van der Waals surface area (Å²) in [5, 5.41) is 13.3. The Bertz CT molecular complexity index is 5790. The molecular weight excluding hydrogens is 1670 g/mol. The summed E-state index contributed by atoms with van der Waals surface area (Å²) in [6.07, 6.45) is 39.1. The Morgan fingerprint density at radius 1 is 0.351 bits per heavy atom. The molecule has 0 amide bonds. The Morgan fingerprint density at radius 2 is 0.649 bits per heavy atom. The van der Waals surface area contributed by atoms with Gasteiger partial charge in [0.05, 0.1) is 28.5 Å². The largest absolute Gasteiger partial charge is 0.373 e. The highest BCUT2D eigenvalue weighted by atomic mass is 35.5. The Labute approximate surface area is 767 Å². The molecule has 16 nitrogen and oxygen atoms in total. The van der Waals surface area contributed by atoms with Crippen LogP contribution in [-0.2, 0) is 63.8 Å². The molecule has 5 aromatic carbocycles. The van der Waals surface area contributed by atoms with Crippen molar-refractivity contribution in [1.82, 2.24) is 34.9 Å². The van der Waals surface area contributed by atoms with Gasteiger partial charge >= 0.3 is 0 Å². The third-order valence-electron chi connectivity index (χ3n) is 30.2. The molecule has 8 saturated carbocycles. The van der Waals surface area contributed by atoms with E-state index in [0.717, 1.165) is 169 Å². The average molecular weight is 1780 g/mol. The number of carbonyl (C=O) groups excluding carboxylic acids is 4. The van der Waals surface area contributed by atoms with Gasteiger partial charge in [0.2, 0.25) is 0 Å². The predicted molar refractivity (Wildman–Crippen MR) is 496 cm³/mol. The molecule has 0 radical (unpaired) electrons. The number of nitrogens with zero attached hydrogens (tertiary/aromatic N) is 8. The van der Waals surface area contributed by atoms with Crippen LogP contribution in [0.2, 0.25) is 5.02 Å². The molecule has 0 saturated heterocycles. The van der Waals surface area contributed by atoms with Gasteiger partial charge < -0.3 is 18.9 Å². The number of rotatable bonds is 24. The van der Waals surface area contributed by atoms with Crippen LogP contribution in [0.5, 0.6) is 0 Å². The number of methoxy groups -OCH3 is 4. The van der Waals surface area contributed by atoms with Gasteiger partial charge in [-0.2, -0.15) is 5.26 Å². The van der Waals surface area contributed by atoms with Gasteiger partial charge in [-0.15, -0.1) is 12.8 Å². The van der Waals surface area contributed by atoms with Gasteiger partial charge in [-0.25, -0.2) is 27.5 Å². The molecule has 12 aromatic rings. The lowest BCUT2D eigenvalue weighted by Gasteiger charge is -2.23. The second-order valence-electron chi connectivity index (χ2n) is 37.8. The number of pyridine rings is 7. The molecule has 131 heavy (non-hydrogen) atoms. The normalized spacial score (nSPS) is 25.2. The molecule has 670 valence electrons. The fraction of sp³-hybridized carbons (Fsp3) is 0.400. The Balaban J connectivity index is 0.000000122. The molecule has 21 heteroatoms. The van der Waals surface area contributed by atoms with Gasteiger partial charge in [-0.3, -0.25) is 44.1 Å². The van der Waals surface area contributed by atoms with Gasteiger partial charge in [0.1, 0.15) is 65.1 Å². The molecule has 20 rings (SSSR count). The first-order valence-electron chi connectivity index (χ1n) is 46.0. The van der Waals surface area contributed by atoms with Crippen molar-refractivity contribution in [3.05, 3.63) is 291 Å². The minimum atomic E-state index is -0.416. The summed E-state index contributed by atoms with van der Waals surface area (Å²) in [6.45, 7) is 0. The number of hydrogen-bond donors (Lipinski definition) is 0. The molecule has 8 fully saturated rings. The smallest absolute Gasteiger partial charge is 0.167 e. The lowest BCUT2D eigenvalue weighted by atomic mass is 9.87. The van der Waals surface area contributed by atoms with E-state index in [1.807, 2.05) is 91.5 Å². The van der Waals surface area contributed by atoms with Crippen molar-refractivity contribution in [1.29, 1.82) is 5.26 Å². The molecule has 0 N–H and O–H groups in total. The SMILES string of the molecule is C#Cc1ccc(CC(=O)C(OC)C2C[C@H]3CC(c4ccnc5ccc(F)cc45)C[C@H]3C2)cn1.C#Cc1ccc(CC(=O)C(OC)C2C[C@H]3CC(c4ccnc5ccc(F)cc45)C[C@H]3C2)nc1.COC(C(=O)Cc1ccc(C#N)nc1)C1C[C@H]2CC(c3ccnc4ccc(F)cc34)C[C@H]2C1.COC(C(=O)Cc1ccc(Cl)cc1)C1C[C@H]2CC(c3ccnc4ccc(F)cc34)C[C@H]2C1. The van der Waals surface area contributed by atoms with E-state index in [-0.39, 0.29) is 89.0 Å². The van der Waals surface area contributed by atoms with Gasteiger partial charge in [-0.05, 0) is 370 Å². The zero-order valence-electron chi connectivity index (χ0n) is 74.1. The van der Waals surface area contributed by atoms with Gasteiger partial charge in [0.15, 0.2) is 23.1 Å². The second kappa shape index (κ2) is 41.0. The quantitative estimate of drug-likeness (QED) is 0.0405. The van der Waals surface area contributed by atoms with Crippen LogP contribution in [0.3, 0.4) is 0 Å². The first kappa shape index (κ1) is 91.2. The first-order valence-corrected chi connectivity index (χ1v) is 46.4. The summed E-state index contributed by atoms with van der Waals surface area (Å²) in [4.78, 5) is 82.2. The number of halogens is 5. The van der Waals surface area contributed by atoms with E-state index in [1.165, 1.54) is 46.5 Å². The van der Waals surface area contributed by atoms with Gasteiger partial charge in [0.25, 0.3) is 0 Å². The van der Waals surface area contributed by atoms with Crippen LogP contribution in [0.1, 0.15) is 188 Å². The van der Waals surface area contributed by atoms with Crippen molar-refractivity contribution in [2.45, 2.75) is 177 Å². The molecule has 8 aliphatic rings. The van der Waals surface area contributed by atoms with Crippen LogP contribution < -0.4 is 0 Å². The van der Waals surface area contributed by atoms with E-state index in [2.05, 4.69) is 52.8 Å². The molecular formula is C110H107ClF4N8O8. The van der Waals surface area contributed by atoms with Crippen molar-refractivity contribution < 1.29 is 55.7 Å². The third kappa shape index (κ3) is 20.7. The average Bonchev–Trinajstić information content (AvgIpc) is 1.64. The number of aromatic nitrogens is 7. The van der Waals surface area contributed by atoms with Crippen molar-refractivity contribution in [3.63, 3.8) is 0 Å². The fourth-order valence-electron chi connectivity index (χ4n) is 24.6. The number of terminal acetylenes is 2. The zero-order valence-corrected chi connectivity index (χ0v) is 74.9. The van der Waals surface area contributed by atoms with Crippen molar-refractivity contribution in [3.8, 4) is 30.8 Å². The summed E-state index contributed by atoms with van der Waals surface area (Å²) in [5.74, 6) is 11.7. The summed E-state index contributed by atoms with van der Waals surface area (Å²) in [6, 6.07) is 47.6. The number of fused-ring (bicyclic) bond motifs is 8. The lowest BCUT2D eigenvalue weighted by molar-refractivity contribution is -0.132. The Morgan fingerprint density at radius 3 is 0.916 bits per heavy atom. The third-order valence-corrected chi connectivity index (χ3v) is 30.5. The zero-order chi connectivity index (χ0) is 91.1. The number of Topliss-reactive ketones (excluding diaryl/α,β-unsaturated/α-hetero) is 4. The van der Waals surface area contributed by atoms with E-state index < -0.39 is 18.3 Å². The van der Waals surface area contributed by atoms with Crippen LogP contribution in [-0.4, -0.2) is 111 Å². The maximum atomic E-state index is 13.9. The van der Waals surface area contributed by atoms with E-state index in [9.17, 15) is 36.7 Å². The van der Waals surface area contributed by atoms with E-state index >= 15 is 0 Å². The van der Waals surface area contributed by atoms with E-state index in [1.54, 1.807) is 114 Å². The number of benzene rings is 5. The van der Waals surface area contributed by atoms with Crippen molar-refractivity contribution in [2.75, 3.05) is 28.4 Å². The first-order chi connectivity index (χ1) is 63.7. The number of ether oxygens (including phenoxy) is 4. The van der Waals surface area contributed by atoms with Crippen molar-refractivity contribution in [2.24, 2.45) is 71.0 Å². The van der Waals surface area contributed by atoms with Crippen LogP contribution in [0, 0.1) is 130 Å². The van der Waals surface area contributed by atoms with Crippen LogP contribution in [0.4, 0.5) is 17.6 Å². The summed E-state index contributed by atoms with van der Waals surface area (Å²) in [5.41, 5.74) is 13.2. The summed E-state index contributed by atoms with van der Waals surface area (Å²) in [7, 11) is 6.54. The predicted octanol–water partition coefficient (Wildman–Crippen LogP) is 21.6. The van der Waals surface area contributed by atoms with Gasteiger partial charge in [0, 0.05) is 129 Å². The molecule has 0 spiro atoms. The molecule has 7 heterocycles. The van der Waals surface area contributed by atoms with Crippen LogP contribution >= 0.6 is 11.6 Å². The number of nitriles is 1. The summed E-state index contributed by atoms with van der Waals surface area (Å²) < 4.78 is 78.4. The van der Waals surface area contributed by atoms with Crippen LogP contribution in [0.25, 0.3) is 43.6 Å². The standard InChI is InChI=1S/2C28H27FN2O2.C27H27ClFNO2.C27H26FN3O2/c1-3-23-6-4-17(16-31-23)10-27(32)28(33-2)21-13-18-11-20(12-19(18)14-21)24-8-9-30-26-7-5-22(29)15-25(24)26;1-3-17-4-6-23(31-16-17)15-27(32)28(33-2)21-12-18-10-20(11-19(18)13-21)24-8-9-30-26-7-5-22(29)14-25(24)26;1-32-27(26(31)10-16-2-4-21(28)5-3-16)20-13-17-11-19(12-18(17)14-20)23-8-9-30-25-7-6-22(29)15-24(23)25;1-33-27(26(32)8-16-2-4-22(14-29)31-15-16)20-11-17-9-19(10-18(17)12-20)23-6-7-30-25-5-3-21(28)13-24(23)25/h1,4-9,15-16,18-21,28H,10-14H2,2H3;1,4-9,14,16,18-21,28H,10-13,15H2,2H3;2-9,15,17-20,27H,10-14H2,1H3;2-7,13,15,17-20,27H,8-12H2,1H3/t2*18-,19+,20?,21?,28?;2*17-,18+,19?,20?,27?. The highest BCUT2D eigenvalue weighted by molar-refractivity contribution is 6.30. The topological polar surface area (TPSA) is 219 Å². The molecule has 0 aliphatic heterocycles. The summed E-state index contributed by atoms with van der Waals surface area (Å²) >= 11 is 5.96. The van der Waals surface area contributed by atoms with E-state index in [4.69, 9.17) is 48.7 Å². The maximum absolute atomic E-state index is 13.9. The second-order valence-corrected chi connectivity index (χ2v) is 38.2. The minimum Gasteiger partial charge on any atom is -0.373 e. The van der Waals surface area contributed by atoms with E-state index in [0.29, 0.717) is 106 Å². The molecule has 0 bridgehead atoms. The number of ketones is 4. The Kier molecular flexibility index (Phi) is 28.6. The highest BCUT2D eigenvalue weighted by Gasteiger charge is 2.51. The lowest BCUT2D eigenvalue weighted by Crippen LogP contribution is -2.32. The molecule has 7 aromatic heterocycles. The fourth-order valence-corrected chi connectivity index (χ4v) is 24.7.